The Kier molecular flexibility index (Phi) is 12.7. The van der Waals surface area contributed by atoms with Crippen LogP contribution < -0.4 is 35.2 Å². The van der Waals surface area contributed by atoms with Gasteiger partial charge in [0.2, 0.25) is 0 Å². The number of benzene rings is 6. The first-order chi connectivity index (χ1) is 21.2. The molecule has 4 heteroatoms. The van der Waals surface area contributed by atoms with Gasteiger partial charge in [-0.2, -0.15) is 6.07 Å². The minimum atomic E-state index is -0.455. The molecule has 0 bridgehead atoms. The van der Waals surface area contributed by atoms with Gasteiger partial charge in [0.1, 0.15) is 0 Å². The summed E-state index contributed by atoms with van der Waals surface area (Å²) < 4.78 is 0. The SMILES string of the molecule is Cc1cc2c(-c3ccccc3)cccc2[cH-]1.[Cl-].[Cl-].[Zr+2]=[Si](c1ccccc1)c1ccccc1.c1ccc2c(c1)[cH-]c1ccccc12. The molecule has 0 unspecified atom stereocenters. The molecule has 0 spiro atoms. The molecule has 0 aromatic heterocycles. The fourth-order valence-corrected chi connectivity index (χ4v) is 9.38. The minimum absolute atomic E-state index is 0. The third-order valence-electron chi connectivity index (χ3n) is 7.63. The van der Waals surface area contributed by atoms with Gasteiger partial charge in [-0.1, -0.05) is 85.3 Å². The molecule has 0 radical (unpaired) electrons. The average Bonchev–Trinajstić information content (AvgIpc) is 3.66. The van der Waals surface area contributed by atoms with Crippen molar-refractivity contribution in [2.75, 3.05) is 0 Å². The number of halogens is 2. The summed E-state index contributed by atoms with van der Waals surface area (Å²) in [5.41, 5.74) is 3.49. The predicted octanol–water partition coefficient (Wildman–Crippen LogP) is 3.59. The van der Waals surface area contributed by atoms with Crippen molar-refractivity contribution in [3.8, 4) is 11.1 Å². The fraction of sp³-hybridized carbons (Fsp3) is 0.0244. The third-order valence-corrected chi connectivity index (χ3v) is 13.7. The summed E-state index contributed by atoms with van der Waals surface area (Å²) in [5.74, 6) is 0. The van der Waals surface area contributed by atoms with Crippen molar-refractivity contribution in [1.29, 1.82) is 0 Å². The van der Waals surface area contributed by atoms with E-state index in [0.29, 0.717) is 0 Å². The summed E-state index contributed by atoms with van der Waals surface area (Å²) in [4.78, 5) is 0. The zero-order valence-corrected chi connectivity index (χ0v) is 30.0. The van der Waals surface area contributed by atoms with Crippen molar-refractivity contribution in [2.45, 2.75) is 6.92 Å². The van der Waals surface area contributed by atoms with Gasteiger partial charge >= 0.3 is 99.8 Å². The first kappa shape index (κ1) is 34.4. The summed E-state index contributed by atoms with van der Waals surface area (Å²) >= 11 is 1.64. The molecular formula is C41H32Cl2SiZr-2. The maximum atomic E-state index is 2.26. The first-order valence-electron chi connectivity index (χ1n) is 14.6. The van der Waals surface area contributed by atoms with Crippen LogP contribution in [0.1, 0.15) is 5.56 Å². The van der Waals surface area contributed by atoms with Crippen LogP contribution in [0.2, 0.25) is 0 Å². The molecule has 0 aliphatic heterocycles. The Hall–Kier alpha value is -3.52. The van der Waals surface area contributed by atoms with E-state index in [1.54, 1.807) is 23.3 Å². The summed E-state index contributed by atoms with van der Waals surface area (Å²) in [6.07, 6.45) is 0. The molecule has 0 nitrogen and oxygen atoms in total. The monoisotopic (exact) mass is 712 g/mol. The van der Waals surface area contributed by atoms with Crippen molar-refractivity contribution in [1.82, 2.24) is 0 Å². The molecule has 0 fully saturated rings. The van der Waals surface area contributed by atoms with Crippen LogP contribution in [0.5, 0.6) is 0 Å². The van der Waals surface area contributed by atoms with E-state index in [2.05, 4.69) is 183 Å². The van der Waals surface area contributed by atoms with E-state index in [1.807, 2.05) is 0 Å². The molecule has 220 valence electrons. The normalized spacial score (nSPS) is 10.1. The van der Waals surface area contributed by atoms with Crippen molar-refractivity contribution in [2.24, 2.45) is 0 Å². The summed E-state index contributed by atoms with van der Waals surface area (Å²) in [5, 5.41) is 11.1. The van der Waals surface area contributed by atoms with Gasteiger partial charge in [0.05, 0.1) is 0 Å². The number of fused-ring (bicyclic) bond motifs is 4. The number of hydrogen-bond acceptors (Lipinski definition) is 0. The molecule has 0 N–H and O–H groups in total. The second kappa shape index (κ2) is 16.7. The van der Waals surface area contributed by atoms with Crippen molar-refractivity contribution < 1.29 is 48.1 Å². The molecule has 0 amide bonds. The number of hydrogen-bond donors (Lipinski definition) is 0. The Labute approximate surface area is 293 Å². The molecule has 0 saturated carbocycles. The van der Waals surface area contributed by atoms with Gasteiger partial charge in [-0.05, 0) is 5.56 Å². The molecule has 0 atom stereocenters. The third kappa shape index (κ3) is 8.40. The van der Waals surface area contributed by atoms with Gasteiger partial charge in [0.25, 0.3) is 0 Å². The van der Waals surface area contributed by atoms with Crippen LogP contribution in [-0.4, -0.2) is 5.43 Å². The van der Waals surface area contributed by atoms with E-state index in [-0.39, 0.29) is 24.8 Å². The van der Waals surface area contributed by atoms with Crippen LogP contribution in [0.3, 0.4) is 0 Å². The predicted molar refractivity (Wildman–Crippen MR) is 185 cm³/mol. The second-order valence-corrected chi connectivity index (χ2v) is 16.2. The molecular weight excluding hydrogens is 683 g/mol. The smallest absolute Gasteiger partial charge is 0.0771 e. The van der Waals surface area contributed by atoms with Gasteiger partial charge in [0, 0.05) is 0 Å². The van der Waals surface area contributed by atoms with Crippen LogP contribution in [0.4, 0.5) is 0 Å². The maximum absolute atomic E-state index is 2.26. The van der Waals surface area contributed by atoms with E-state index in [1.165, 1.54) is 59.4 Å². The molecule has 0 saturated heterocycles. The molecule has 45 heavy (non-hydrogen) atoms. The average molecular weight is 715 g/mol. The largest absolute Gasteiger partial charge is 0.126 e. The molecule has 8 rings (SSSR count). The number of aryl methyl sites for hydroxylation is 1. The zero-order valence-electron chi connectivity index (χ0n) is 25.0. The number of rotatable bonds is 3. The standard InChI is InChI=1S/C16H13.C13H9.C12H10Si.2ClH.Zr/c1-12-10-14-8-5-9-15(16(14)11-12)13-6-3-2-4-7-13;1-3-7-12-10(5-1)9-11-6-2-4-8-13(11)12;1-3-7-11(8-4-1)13-12-9-5-2-6-10-12;;;/h2-11H,1H3;1-9H;1-10H;2*1H;/q2*-1;;;;+2/p-2. The summed E-state index contributed by atoms with van der Waals surface area (Å²) in [7, 11) is 0. The van der Waals surface area contributed by atoms with Crippen LogP contribution in [0, 0.1) is 6.92 Å². The van der Waals surface area contributed by atoms with E-state index >= 15 is 0 Å². The Bertz CT molecular complexity index is 2000. The van der Waals surface area contributed by atoms with Crippen LogP contribution in [0.15, 0.2) is 176 Å². The molecule has 8 aromatic carbocycles. The van der Waals surface area contributed by atoms with E-state index < -0.39 is 5.43 Å². The maximum Gasteiger partial charge on any atom is -0.0771 e. The van der Waals surface area contributed by atoms with Gasteiger partial charge in [-0.25, -0.2) is 0 Å². The fourth-order valence-electron chi connectivity index (χ4n) is 5.53. The topological polar surface area (TPSA) is 0 Å². The first-order valence-corrected chi connectivity index (χ1v) is 19.8. The molecule has 0 heterocycles. The van der Waals surface area contributed by atoms with Crippen molar-refractivity contribution >= 4 is 48.1 Å². The van der Waals surface area contributed by atoms with Crippen molar-refractivity contribution in [3.63, 3.8) is 0 Å². The summed E-state index contributed by atoms with van der Waals surface area (Å²) in [6.45, 7) is 2.15. The Morgan fingerprint density at radius 3 is 1.40 bits per heavy atom. The van der Waals surface area contributed by atoms with Crippen LogP contribution in [-0.2, 0) is 23.3 Å². The summed E-state index contributed by atoms with van der Waals surface area (Å²) in [6, 6.07) is 62.5. The van der Waals surface area contributed by atoms with E-state index in [4.69, 9.17) is 0 Å². The van der Waals surface area contributed by atoms with Crippen molar-refractivity contribution in [3.05, 3.63) is 181 Å². The van der Waals surface area contributed by atoms with Crippen LogP contribution in [0.25, 0.3) is 43.4 Å². The molecule has 8 aromatic rings. The van der Waals surface area contributed by atoms with Gasteiger partial charge in [-0.15, -0.1) is 74.3 Å². The minimum Gasteiger partial charge on any atom is -0.126 e. The van der Waals surface area contributed by atoms with Crippen LogP contribution >= 0.6 is 0 Å². The second-order valence-electron chi connectivity index (χ2n) is 10.6. The molecule has 0 aliphatic carbocycles. The van der Waals surface area contributed by atoms with E-state index in [0.717, 1.165) is 0 Å². The molecule has 0 aliphatic rings. The quantitative estimate of drug-likeness (QED) is 0.194. The van der Waals surface area contributed by atoms with Gasteiger partial charge in [0.15, 0.2) is 0 Å². The Balaban J connectivity index is 0.000000151. The van der Waals surface area contributed by atoms with Gasteiger partial charge in [-0.3, -0.25) is 0 Å². The Morgan fingerprint density at radius 2 is 0.867 bits per heavy atom. The van der Waals surface area contributed by atoms with E-state index in [9.17, 15) is 0 Å². The Morgan fingerprint density at radius 1 is 0.444 bits per heavy atom. The zero-order chi connectivity index (χ0) is 29.4. The van der Waals surface area contributed by atoms with Gasteiger partial charge < -0.3 is 24.8 Å².